The van der Waals surface area contributed by atoms with Crippen molar-refractivity contribution in [2.45, 2.75) is 46.7 Å². The van der Waals surface area contributed by atoms with E-state index in [0.717, 1.165) is 6.54 Å². The van der Waals surface area contributed by atoms with Crippen LogP contribution >= 0.6 is 0 Å². The van der Waals surface area contributed by atoms with Crippen LogP contribution in [0.25, 0.3) is 0 Å². The van der Waals surface area contributed by atoms with Crippen molar-refractivity contribution in [1.29, 1.82) is 5.26 Å². The van der Waals surface area contributed by atoms with Gasteiger partial charge in [-0.15, -0.1) is 0 Å². The summed E-state index contributed by atoms with van der Waals surface area (Å²) >= 11 is 0. The molecule has 21 heavy (non-hydrogen) atoms. The Balaban J connectivity index is 2.79. The third-order valence-electron chi connectivity index (χ3n) is 3.42. The number of ether oxygens (including phenoxy) is 1. The number of hydrogen-bond acceptors (Lipinski definition) is 4. The van der Waals surface area contributed by atoms with Crippen molar-refractivity contribution < 1.29 is 9.53 Å². The van der Waals surface area contributed by atoms with Crippen molar-refractivity contribution in [2.75, 3.05) is 13.2 Å². The molecule has 1 rings (SSSR count). The summed E-state index contributed by atoms with van der Waals surface area (Å²) in [5.74, 6) is 0.438. The number of hydrogen-bond donors (Lipinski definition) is 0. The molecule has 0 saturated carbocycles. The second-order valence-corrected chi connectivity index (χ2v) is 5.65. The normalized spacial score (nSPS) is 11.0. The monoisotopic (exact) mass is 288 g/mol. The van der Waals surface area contributed by atoms with Gasteiger partial charge in [0.25, 0.3) is 0 Å². The number of carbonyl (C=O) groups is 1. The average molecular weight is 288 g/mol. The molecule has 0 spiro atoms. The molecule has 0 saturated heterocycles. The molecule has 114 valence electrons. The molecule has 0 aromatic heterocycles. The van der Waals surface area contributed by atoms with Gasteiger partial charge in [0.15, 0.2) is 5.78 Å². The second kappa shape index (κ2) is 7.80. The summed E-state index contributed by atoms with van der Waals surface area (Å²) < 4.78 is 5.76. The Morgan fingerprint density at radius 3 is 2.38 bits per heavy atom. The first-order valence-corrected chi connectivity index (χ1v) is 7.30. The zero-order chi connectivity index (χ0) is 16.0. The minimum Gasteiger partial charge on any atom is -0.491 e. The fourth-order valence-corrected chi connectivity index (χ4v) is 2.38. The fourth-order valence-electron chi connectivity index (χ4n) is 2.38. The summed E-state index contributed by atoms with van der Waals surface area (Å²) in [7, 11) is 0. The molecule has 0 amide bonds. The minimum absolute atomic E-state index is 0.0564. The van der Waals surface area contributed by atoms with Gasteiger partial charge in [-0.05, 0) is 52.8 Å². The van der Waals surface area contributed by atoms with Crippen molar-refractivity contribution >= 4 is 5.78 Å². The summed E-state index contributed by atoms with van der Waals surface area (Å²) in [5, 5.41) is 8.95. The number of Topliss-reactive ketones (excluding diaryl/α,β-unsaturated/α-hetero) is 1. The van der Waals surface area contributed by atoms with E-state index in [1.807, 2.05) is 0 Å². The van der Waals surface area contributed by atoms with E-state index >= 15 is 0 Å². The van der Waals surface area contributed by atoms with E-state index in [-0.39, 0.29) is 5.78 Å². The summed E-state index contributed by atoms with van der Waals surface area (Å²) in [5.41, 5.74) is 1.02. The Kier molecular flexibility index (Phi) is 6.39. The first-order chi connectivity index (χ1) is 9.86. The van der Waals surface area contributed by atoms with Crippen LogP contribution in [0, 0.1) is 11.3 Å². The number of nitriles is 1. The van der Waals surface area contributed by atoms with Crippen LogP contribution in [0.2, 0.25) is 0 Å². The molecule has 4 nitrogen and oxygen atoms in total. The van der Waals surface area contributed by atoms with Gasteiger partial charge in [-0.2, -0.15) is 5.26 Å². The topological polar surface area (TPSA) is 53.3 Å². The van der Waals surface area contributed by atoms with Gasteiger partial charge in [-0.1, -0.05) is 0 Å². The summed E-state index contributed by atoms with van der Waals surface area (Å²) in [6.45, 7) is 11.4. The van der Waals surface area contributed by atoms with E-state index in [1.165, 1.54) is 6.92 Å². The van der Waals surface area contributed by atoms with Crippen LogP contribution in [-0.2, 0) is 0 Å². The molecule has 4 heteroatoms. The summed E-state index contributed by atoms with van der Waals surface area (Å²) in [6, 6.07) is 7.86. The average Bonchev–Trinajstić information content (AvgIpc) is 2.42. The predicted octanol–water partition coefficient (Wildman–Crippen LogP) is 3.26. The van der Waals surface area contributed by atoms with E-state index in [9.17, 15) is 4.79 Å². The maximum Gasteiger partial charge on any atom is 0.163 e. The van der Waals surface area contributed by atoms with Gasteiger partial charge >= 0.3 is 0 Å². The summed E-state index contributed by atoms with van der Waals surface area (Å²) in [6.07, 6.45) is 0. The molecular formula is C17H24N2O2. The first kappa shape index (κ1) is 17.2. The lowest BCUT2D eigenvalue weighted by Crippen LogP contribution is -2.39. The highest BCUT2D eigenvalue weighted by atomic mass is 16.5. The smallest absolute Gasteiger partial charge is 0.163 e. The van der Waals surface area contributed by atoms with Crippen molar-refractivity contribution in [1.82, 2.24) is 4.90 Å². The molecule has 1 aromatic rings. The number of ketones is 1. The van der Waals surface area contributed by atoms with Gasteiger partial charge in [0.1, 0.15) is 12.4 Å². The lowest BCUT2D eigenvalue weighted by molar-refractivity contribution is 0.101. The van der Waals surface area contributed by atoms with Gasteiger partial charge in [0, 0.05) is 18.6 Å². The molecule has 0 fully saturated rings. The third-order valence-corrected chi connectivity index (χ3v) is 3.42. The van der Waals surface area contributed by atoms with Crippen LogP contribution in [0.1, 0.15) is 50.5 Å². The van der Waals surface area contributed by atoms with Gasteiger partial charge in [0.2, 0.25) is 0 Å². The second-order valence-electron chi connectivity index (χ2n) is 5.65. The van der Waals surface area contributed by atoms with Gasteiger partial charge in [-0.3, -0.25) is 9.69 Å². The Labute approximate surface area is 127 Å². The van der Waals surface area contributed by atoms with Crippen molar-refractivity contribution in [3.05, 3.63) is 29.3 Å². The molecule has 0 radical (unpaired) electrons. The molecule has 1 aromatic carbocycles. The zero-order valence-corrected chi connectivity index (χ0v) is 13.5. The highest BCUT2D eigenvalue weighted by molar-refractivity contribution is 5.97. The van der Waals surface area contributed by atoms with Crippen LogP contribution in [0.3, 0.4) is 0 Å². The number of benzene rings is 1. The number of rotatable bonds is 7. The maximum atomic E-state index is 11.6. The molecule has 0 unspecified atom stereocenters. The zero-order valence-electron chi connectivity index (χ0n) is 13.5. The van der Waals surface area contributed by atoms with Crippen molar-refractivity contribution in [3.63, 3.8) is 0 Å². The lowest BCUT2D eigenvalue weighted by Gasteiger charge is -2.30. The van der Waals surface area contributed by atoms with Crippen LogP contribution in [0.5, 0.6) is 5.75 Å². The Hall–Kier alpha value is -1.86. The number of carbonyl (C=O) groups excluding carboxylic acids is 1. The fraction of sp³-hybridized carbons (Fsp3) is 0.529. The van der Waals surface area contributed by atoms with Crippen LogP contribution in [0.15, 0.2) is 18.2 Å². The molecule has 0 N–H and O–H groups in total. The maximum absolute atomic E-state index is 11.6. The molecule has 0 aliphatic carbocycles. The molecule has 0 bridgehead atoms. The van der Waals surface area contributed by atoms with E-state index in [4.69, 9.17) is 10.00 Å². The molecule has 0 atom stereocenters. The van der Waals surface area contributed by atoms with Crippen LogP contribution in [-0.4, -0.2) is 35.9 Å². The van der Waals surface area contributed by atoms with E-state index in [1.54, 1.807) is 18.2 Å². The van der Waals surface area contributed by atoms with Crippen molar-refractivity contribution in [3.8, 4) is 11.8 Å². The van der Waals surface area contributed by atoms with E-state index in [2.05, 4.69) is 38.7 Å². The highest BCUT2D eigenvalue weighted by Gasteiger charge is 2.14. The Morgan fingerprint density at radius 1 is 1.29 bits per heavy atom. The quantitative estimate of drug-likeness (QED) is 0.723. The first-order valence-electron chi connectivity index (χ1n) is 7.30. The van der Waals surface area contributed by atoms with Crippen molar-refractivity contribution in [2.24, 2.45) is 0 Å². The SMILES string of the molecule is CC(=O)c1ccc(C#N)cc1OCCN(C(C)C)C(C)C. The Bertz CT molecular complexity index is 522. The van der Waals surface area contributed by atoms with E-state index in [0.29, 0.717) is 35.6 Å². The molecule has 0 aliphatic heterocycles. The third kappa shape index (κ3) is 4.87. The van der Waals surface area contributed by atoms with Crippen LogP contribution in [0.4, 0.5) is 0 Å². The van der Waals surface area contributed by atoms with Crippen LogP contribution < -0.4 is 4.74 Å². The van der Waals surface area contributed by atoms with Gasteiger partial charge in [-0.25, -0.2) is 0 Å². The number of nitrogens with zero attached hydrogens (tertiary/aromatic N) is 2. The predicted molar refractivity (Wildman–Crippen MR) is 83.6 cm³/mol. The minimum atomic E-state index is -0.0564. The largest absolute Gasteiger partial charge is 0.491 e. The molecule has 0 heterocycles. The molecular weight excluding hydrogens is 264 g/mol. The molecule has 0 aliphatic rings. The van der Waals surface area contributed by atoms with E-state index < -0.39 is 0 Å². The Morgan fingerprint density at radius 2 is 1.90 bits per heavy atom. The highest BCUT2D eigenvalue weighted by Crippen LogP contribution is 2.21. The summed E-state index contributed by atoms with van der Waals surface area (Å²) in [4.78, 5) is 13.9. The standard InChI is InChI=1S/C17H24N2O2/c1-12(2)19(13(3)4)8-9-21-17-10-15(11-18)6-7-16(17)14(5)20/h6-7,10,12-13H,8-9H2,1-5H3. The lowest BCUT2D eigenvalue weighted by atomic mass is 10.1. The van der Waals surface area contributed by atoms with Gasteiger partial charge < -0.3 is 4.74 Å². The van der Waals surface area contributed by atoms with Gasteiger partial charge in [0.05, 0.1) is 17.2 Å².